The van der Waals surface area contributed by atoms with Crippen molar-refractivity contribution >= 4 is 33.0 Å². The van der Waals surface area contributed by atoms with Crippen molar-refractivity contribution < 1.29 is 17.6 Å². The summed E-state index contributed by atoms with van der Waals surface area (Å²) in [7, 11) is -4.06. The molecule has 0 aromatic heterocycles. The fourth-order valence-electron chi connectivity index (χ4n) is 3.61. The van der Waals surface area contributed by atoms with E-state index in [1.54, 1.807) is 0 Å². The van der Waals surface area contributed by atoms with Gasteiger partial charge in [-0.3, -0.25) is 9.52 Å². The third kappa shape index (κ3) is 4.39. The van der Waals surface area contributed by atoms with Crippen molar-refractivity contribution in [1.29, 1.82) is 0 Å². The highest BCUT2D eigenvalue weighted by Crippen LogP contribution is 2.30. The highest BCUT2D eigenvalue weighted by molar-refractivity contribution is 7.92. The van der Waals surface area contributed by atoms with Crippen molar-refractivity contribution in [3.63, 3.8) is 0 Å². The molecule has 31 heavy (non-hydrogen) atoms. The second kappa shape index (κ2) is 8.39. The smallest absolute Gasteiger partial charge is 0.262 e. The van der Waals surface area contributed by atoms with Crippen LogP contribution in [0.3, 0.4) is 0 Å². The van der Waals surface area contributed by atoms with Crippen LogP contribution in [0.5, 0.6) is 0 Å². The van der Waals surface area contributed by atoms with E-state index < -0.39 is 21.7 Å². The summed E-state index contributed by atoms with van der Waals surface area (Å²) in [6.45, 7) is 3.93. The van der Waals surface area contributed by atoms with E-state index in [2.05, 4.69) is 21.9 Å². The molecular weight excluding hydrogens is 417 g/mol. The molecule has 0 bridgehead atoms. The molecule has 0 saturated heterocycles. The molecule has 3 aromatic rings. The molecule has 1 aliphatic heterocycles. The van der Waals surface area contributed by atoms with E-state index >= 15 is 0 Å². The largest absolute Gasteiger partial charge is 0.371 e. The minimum Gasteiger partial charge on any atom is -0.371 e. The van der Waals surface area contributed by atoms with Crippen LogP contribution >= 0.6 is 0 Å². The maximum Gasteiger partial charge on any atom is 0.262 e. The van der Waals surface area contributed by atoms with E-state index in [9.17, 15) is 17.6 Å². The van der Waals surface area contributed by atoms with Gasteiger partial charge < -0.3 is 10.2 Å². The van der Waals surface area contributed by atoms with Gasteiger partial charge in [0.05, 0.1) is 10.6 Å². The molecule has 0 radical (unpaired) electrons. The normalized spacial score (nSPS) is 13.0. The number of anilines is 3. The first-order valence-electron chi connectivity index (χ1n) is 9.94. The van der Waals surface area contributed by atoms with Gasteiger partial charge in [0.2, 0.25) is 0 Å². The van der Waals surface area contributed by atoms with E-state index in [1.165, 1.54) is 48.0 Å². The van der Waals surface area contributed by atoms with Crippen LogP contribution < -0.4 is 14.9 Å². The number of amides is 1. The van der Waals surface area contributed by atoms with Crippen LogP contribution in [0, 0.1) is 5.82 Å². The Kier molecular flexibility index (Phi) is 5.65. The number of hydrogen-bond donors (Lipinski definition) is 2. The minimum absolute atomic E-state index is 0.130. The van der Waals surface area contributed by atoms with Gasteiger partial charge >= 0.3 is 0 Å². The first-order valence-corrected chi connectivity index (χ1v) is 11.4. The average molecular weight is 440 g/mol. The summed E-state index contributed by atoms with van der Waals surface area (Å²) >= 11 is 0. The maximum absolute atomic E-state index is 13.8. The maximum atomic E-state index is 13.8. The predicted octanol–water partition coefficient (Wildman–Crippen LogP) is 4.26. The lowest BCUT2D eigenvalue weighted by Crippen LogP contribution is -2.19. The standard InChI is InChI=1S/C23H22FN3O3S/c1-2-27-13-12-16-10-11-18(15-22(16)27)25-23(28)17-6-5-7-19(14-17)31(29,30)26-21-9-4-3-8-20(21)24/h3-11,14-15,26H,2,12-13H2,1H3,(H,25,28). The quantitative estimate of drug-likeness (QED) is 0.602. The number of carbonyl (C=O) groups is 1. The SMILES string of the molecule is CCN1CCc2ccc(NC(=O)c3cccc(S(=O)(=O)Nc4ccccc4F)c3)cc21. The molecule has 3 aromatic carbocycles. The van der Waals surface area contributed by atoms with E-state index in [4.69, 9.17) is 0 Å². The summed E-state index contributed by atoms with van der Waals surface area (Å²) in [6, 6.07) is 16.9. The van der Waals surface area contributed by atoms with E-state index in [1.807, 2.05) is 18.2 Å². The molecule has 0 spiro atoms. The van der Waals surface area contributed by atoms with Crippen molar-refractivity contribution in [1.82, 2.24) is 0 Å². The molecule has 6 nitrogen and oxygen atoms in total. The monoisotopic (exact) mass is 439 g/mol. The number of nitrogens with zero attached hydrogens (tertiary/aromatic N) is 1. The Hall–Kier alpha value is -3.39. The average Bonchev–Trinajstić information content (AvgIpc) is 3.18. The molecule has 0 aliphatic carbocycles. The van der Waals surface area contributed by atoms with Crippen LogP contribution in [-0.4, -0.2) is 27.4 Å². The highest BCUT2D eigenvalue weighted by atomic mass is 32.2. The molecule has 8 heteroatoms. The molecule has 4 rings (SSSR count). The molecule has 0 fully saturated rings. The van der Waals surface area contributed by atoms with Crippen LogP contribution in [0.25, 0.3) is 0 Å². The van der Waals surface area contributed by atoms with Gasteiger partial charge in [0, 0.05) is 30.0 Å². The first-order chi connectivity index (χ1) is 14.9. The number of carbonyl (C=O) groups excluding carboxylic acids is 1. The fraction of sp³-hybridized carbons (Fsp3) is 0.174. The van der Waals surface area contributed by atoms with Crippen LogP contribution in [-0.2, 0) is 16.4 Å². The lowest BCUT2D eigenvalue weighted by molar-refractivity contribution is 0.102. The Bertz CT molecular complexity index is 1240. The molecule has 0 atom stereocenters. The Balaban J connectivity index is 1.54. The predicted molar refractivity (Wildman–Crippen MR) is 120 cm³/mol. The number of fused-ring (bicyclic) bond motifs is 1. The molecular formula is C23H22FN3O3S. The first kappa shape index (κ1) is 20.9. The summed E-state index contributed by atoms with van der Waals surface area (Å²) < 4.78 is 41.4. The van der Waals surface area contributed by atoms with E-state index in [-0.39, 0.29) is 16.1 Å². The number of para-hydroxylation sites is 1. The lowest BCUT2D eigenvalue weighted by atomic mass is 10.1. The number of likely N-dealkylation sites (N-methyl/N-ethyl adjacent to an activating group) is 1. The summed E-state index contributed by atoms with van der Waals surface area (Å²) in [5, 5.41) is 2.83. The summed E-state index contributed by atoms with van der Waals surface area (Å²) in [5.74, 6) is -1.11. The minimum atomic E-state index is -4.06. The van der Waals surface area contributed by atoms with Gasteiger partial charge in [-0.15, -0.1) is 0 Å². The summed E-state index contributed by atoms with van der Waals surface area (Å²) in [4.78, 5) is 14.9. The molecule has 160 valence electrons. The van der Waals surface area contributed by atoms with E-state index in [0.717, 1.165) is 31.3 Å². The number of nitrogens with one attached hydrogen (secondary N) is 2. The van der Waals surface area contributed by atoms with Gasteiger partial charge in [-0.05, 0) is 61.4 Å². The van der Waals surface area contributed by atoms with Crippen molar-refractivity contribution in [3.05, 3.63) is 83.7 Å². The second-order valence-corrected chi connectivity index (χ2v) is 8.92. The third-order valence-electron chi connectivity index (χ3n) is 5.24. The van der Waals surface area contributed by atoms with Gasteiger partial charge in [0.15, 0.2) is 0 Å². The number of benzene rings is 3. The Morgan fingerprint density at radius 1 is 1.06 bits per heavy atom. The lowest BCUT2D eigenvalue weighted by Gasteiger charge is -2.17. The van der Waals surface area contributed by atoms with Crippen molar-refractivity contribution in [2.75, 3.05) is 28.0 Å². The van der Waals surface area contributed by atoms with Gasteiger partial charge in [-0.1, -0.05) is 24.3 Å². The van der Waals surface area contributed by atoms with Gasteiger partial charge in [-0.2, -0.15) is 0 Å². The Labute approximate surface area is 180 Å². The van der Waals surface area contributed by atoms with Crippen LogP contribution in [0.4, 0.5) is 21.5 Å². The number of sulfonamides is 1. The van der Waals surface area contributed by atoms with Gasteiger partial charge in [0.25, 0.3) is 15.9 Å². The van der Waals surface area contributed by atoms with Gasteiger partial charge in [-0.25, -0.2) is 12.8 Å². The molecule has 1 heterocycles. The molecule has 0 saturated carbocycles. The Morgan fingerprint density at radius 3 is 2.65 bits per heavy atom. The summed E-state index contributed by atoms with van der Waals surface area (Å²) in [5.41, 5.74) is 3.01. The Morgan fingerprint density at radius 2 is 1.87 bits per heavy atom. The number of hydrogen-bond acceptors (Lipinski definition) is 4. The fourth-order valence-corrected chi connectivity index (χ4v) is 4.72. The topological polar surface area (TPSA) is 78.5 Å². The van der Waals surface area contributed by atoms with Crippen molar-refractivity contribution in [3.8, 4) is 0 Å². The van der Waals surface area contributed by atoms with Crippen molar-refractivity contribution in [2.45, 2.75) is 18.2 Å². The summed E-state index contributed by atoms with van der Waals surface area (Å²) in [6.07, 6.45) is 0.978. The zero-order chi connectivity index (χ0) is 22.0. The van der Waals surface area contributed by atoms with Crippen LogP contribution in [0.1, 0.15) is 22.8 Å². The zero-order valence-corrected chi connectivity index (χ0v) is 17.7. The van der Waals surface area contributed by atoms with Crippen molar-refractivity contribution in [2.24, 2.45) is 0 Å². The van der Waals surface area contributed by atoms with Crippen LogP contribution in [0.15, 0.2) is 71.6 Å². The second-order valence-electron chi connectivity index (χ2n) is 7.24. The van der Waals surface area contributed by atoms with Crippen LogP contribution in [0.2, 0.25) is 0 Å². The van der Waals surface area contributed by atoms with Gasteiger partial charge in [0.1, 0.15) is 5.82 Å². The molecule has 1 aliphatic rings. The number of halogens is 1. The zero-order valence-electron chi connectivity index (χ0n) is 16.9. The molecule has 1 amide bonds. The number of rotatable bonds is 6. The third-order valence-corrected chi connectivity index (χ3v) is 6.60. The highest BCUT2D eigenvalue weighted by Gasteiger charge is 2.20. The molecule has 2 N–H and O–H groups in total. The molecule has 0 unspecified atom stereocenters. The van der Waals surface area contributed by atoms with E-state index in [0.29, 0.717) is 5.69 Å².